The van der Waals surface area contributed by atoms with Gasteiger partial charge in [-0.3, -0.25) is 0 Å². The molecular formula is C24H17O3. The highest BCUT2D eigenvalue weighted by Gasteiger charge is 2.15. The highest BCUT2D eigenvalue weighted by Crippen LogP contribution is 2.39. The monoisotopic (exact) mass is 353 g/mol. The van der Waals surface area contributed by atoms with Gasteiger partial charge in [0.25, 0.3) is 0 Å². The lowest BCUT2D eigenvalue weighted by atomic mass is 9.93. The molecule has 0 atom stereocenters. The third kappa shape index (κ3) is 2.77. The van der Waals surface area contributed by atoms with Gasteiger partial charge in [-0.05, 0) is 69.4 Å². The smallest absolute Gasteiger partial charge is 0.231 e. The molecule has 131 valence electrons. The van der Waals surface area contributed by atoms with Gasteiger partial charge < -0.3 is 14.2 Å². The van der Waals surface area contributed by atoms with Crippen LogP contribution in [0.5, 0.6) is 17.2 Å². The summed E-state index contributed by atoms with van der Waals surface area (Å²) < 4.78 is 16.3. The maximum absolute atomic E-state index is 5.54. The number of rotatable bonds is 3. The van der Waals surface area contributed by atoms with Gasteiger partial charge in [-0.1, -0.05) is 42.5 Å². The van der Waals surface area contributed by atoms with Crippen molar-refractivity contribution in [1.82, 2.24) is 0 Å². The predicted octanol–water partition coefficient (Wildman–Crippen LogP) is 5.71. The molecule has 1 radical (unpaired) electrons. The summed E-state index contributed by atoms with van der Waals surface area (Å²) in [6.45, 7) is 0.275. The van der Waals surface area contributed by atoms with E-state index in [1.54, 1.807) is 7.11 Å². The van der Waals surface area contributed by atoms with Crippen LogP contribution in [0.15, 0.2) is 72.8 Å². The third-order valence-corrected chi connectivity index (χ3v) is 4.85. The molecule has 0 aliphatic carbocycles. The van der Waals surface area contributed by atoms with Crippen molar-refractivity contribution in [3.05, 3.63) is 78.9 Å². The number of hydrogen-bond donors (Lipinski definition) is 0. The molecule has 0 fully saturated rings. The minimum absolute atomic E-state index is 0.275. The van der Waals surface area contributed by atoms with Crippen LogP contribution in [0.3, 0.4) is 0 Å². The highest BCUT2D eigenvalue weighted by atomic mass is 16.7. The fraction of sp³-hybridized carbons (Fsp3) is 0.0833. The molecule has 3 heteroatoms. The quantitative estimate of drug-likeness (QED) is 0.472. The van der Waals surface area contributed by atoms with Crippen LogP contribution in [0.2, 0.25) is 0 Å². The molecule has 0 unspecified atom stereocenters. The SMILES string of the molecule is COc1ccc(-c2[c]c(-c3ccc4c(c3)OCO4)cc3ccccc23)cc1. The van der Waals surface area contributed by atoms with Crippen LogP contribution < -0.4 is 14.2 Å². The fourth-order valence-electron chi connectivity index (χ4n) is 3.45. The van der Waals surface area contributed by atoms with Gasteiger partial charge in [0.1, 0.15) is 5.75 Å². The number of hydrogen-bond acceptors (Lipinski definition) is 3. The zero-order valence-electron chi connectivity index (χ0n) is 14.9. The van der Waals surface area contributed by atoms with Gasteiger partial charge in [-0.2, -0.15) is 0 Å². The van der Waals surface area contributed by atoms with Crippen molar-refractivity contribution in [2.45, 2.75) is 0 Å². The minimum atomic E-state index is 0.275. The van der Waals surface area contributed by atoms with Crippen LogP contribution in [-0.2, 0) is 0 Å². The number of benzene rings is 4. The number of fused-ring (bicyclic) bond motifs is 2. The Bertz CT molecular complexity index is 1130. The van der Waals surface area contributed by atoms with Gasteiger partial charge in [0.2, 0.25) is 6.79 Å². The first-order valence-corrected chi connectivity index (χ1v) is 8.81. The topological polar surface area (TPSA) is 27.7 Å². The van der Waals surface area contributed by atoms with Crippen LogP contribution in [0, 0.1) is 6.07 Å². The van der Waals surface area contributed by atoms with Crippen molar-refractivity contribution >= 4 is 10.8 Å². The Balaban J connectivity index is 1.70. The van der Waals surface area contributed by atoms with E-state index in [0.717, 1.165) is 39.5 Å². The van der Waals surface area contributed by atoms with Crippen molar-refractivity contribution in [3.63, 3.8) is 0 Å². The highest BCUT2D eigenvalue weighted by molar-refractivity contribution is 5.99. The van der Waals surface area contributed by atoms with Gasteiger partial charge in [-0.25, -0.2) is 0 Å². The summed E-state index contributed by atoms with van der Waals surface area (Å²) in [5.41, 5.74) is 4.26. The lowest BCUT2D eigenvalue weighted by Crippen LogP contribution is -1.92. The van der Waals surface area contributed by atoms with E-state index in [9.17, 15) is 0 Å². The van der Waals surface area contributed by atoms with E-state index < -0.39 is 0 Å². The maximum atomic E-state index is 5.54. The summed E-state index contributed by atoms with van der Waals surface area (Å²) in [5.74, 6) is 2.41. The first kappa shape index (κ1) is 15.8. The van der Waals surface area contributed by atoms with Gasteiger partial charge >= 0.3 is 0 Å². The van der Waals surface area contributed by atoms with Crippen LogP contribution in [0.4, 0.5) is 0 Å². The Morgan fingerprint density at radius 2 is 1.59 bits per heavy atom. The molecule has 0 saturated heterocycles. The van der Waals surface area contributed by atoms with Gasteiger partial charge in [0.05, 0.1) is 7.11 Å². The van der Waals surface area contributed by atoms with E-state index in [1.807, 2.05) is 30.3 Å². The van der Waals surface area contributed by atoms with Crippen LogP contribution in [0.25, 0.3) is 33.0 Å². The second kappa shape index (κ2) is 6.36. The summed E-state index contributed by atoms with van der Waals surface area (Å²) in [6, 6.07) is 28.3. The summed E-state index contributed by atoms with van der Waals surface area (Å²) in [7, 11) is 1.68. The summed E-state index contributed by atoms with van der Waals surface area (Å²) in [6.07, 6.45) is 0. The first-order chi connectivity index (χ1) is 13.3. The normalized spacial score (nSPS) is 12.3. The lowest BCUT2D eigenvalue weighted by molar-refractivity contribution is 0.174. The zero-order chi connectivity index (χ0) is 18.2. The van der Waals surface area contributed by atoms with Gasteiger partial charge in [0.15, 0.2) is 11.5 Å². The molecule has 4 aromatic rings. The molecule has 0 N–H and O–H groups in total. The molecule has 1 aliphatic heterocycles. The fourth-order valence-corrected chi connectivity index (χ4v) is 3.45. The second-order valence-electron chi connectivity index (χ2n) is 6.44. The molecule has 0 aromatic heterocycles. The number of methoxy groups -OCH3 is 1. The molecule has 3 nitrogen and oxygen atoms in total. The van der Waals surface area contributed by atoms with Crippen LogP contribution >= 0.6 is 0 Å². The van der Waals surface area contributed by atoms with E-state index in [2.05, 4.69) is 48.5 Å². The molecule has 0 saturated carbocycles. The van der Waals surface area contributed by atoms with E-state index in [-0.39, 0.29) is 6.79 Å². The zero-order valence-corrected chi connectivity index (χ0v) is 14.9. The Morgan fingerprint density at radius 3 is 2.44 bits per heavy atom. The third-order valence-electron chi connectivity index (χ3n) is 4.85. The molecule has 0 amide bonds. The maximum Gasteiger partial charge on any atom is 0.231 e. The van der Waals surface area contributed by atoms with Crippen molar-refractivity contribution < 1.29 is 14.2 Å². The molecule has 5 rings (SSSR count). The standard InChI is InChI=1S/C24H17O3/c1-25-20-9-6-16(7-10-20)22-13-19(12-18-4-2-3-5-21(18)22)17-8-11-23-24(14-17)27-15-26-23/h2-12,14H,15H2,1H3. The predicted molar refractivity (Wildman–Crippen MR) is 106 cm³/mol. The average Bonchev–Trinajstić information content (AvgIpc) is 3.21. The largest absolute Gasteiger partial charge is 0.497 e. The average molecular weight is 353 g/mol. The molecule has 1 heterocycles. The Kier molecular flexibility index (Phi) is 3.72. The van der Waals surface area contributed by atoms with Gasteiger partial charge in [0, 0.05) is 0 Å². The van der Waals surface area contributed by atoms with Gasteiger partial charge in [-0.15, -0.1) is 0 Å². The van der Waals surface area contributed by atoms with Crippen LogP contribution in [0.1, 0.15) is 0 Å². The Morgan fingerprint density at radius 1 is 0.815 bits per heavy atom. The molecule has 27 heavy (non-hydrogen) atoms. The number of ether oxygens (including phenoxy) is 3. The molecule has 1 aliphatic rings. The second-order valence-corrected chi connectivity index (χ2v) is 6.44. The minimum Gasteiger partial charge on any atom is -0.497 e. The van der Waals surface area contributed by atoms with Crippen molar-refractivity contribution in [3.8, 4) is 39.5 Å². The van der Waals surface area contributed by atoms with E-state index in [4.69, 9.17) is 14.2 Å². The summed E-state index contributed by atoms with van der Waals surface area (Å²) in [5, 5.41) is 2.35. The first-order valence-electron chi connectivity index (χ1n) is 8.81. The lowest BCUT2D eigenvalue weighted by Gasteiger charge is -2.11. The summed E-state index contributed by atoms with van der Waals surface area (Å²) >= 11 is 0. The van der Waals surface area contributed by atoms with E-state index in [1.165, 1.54) is 10.8 Å². The van der Waals surface area contributed by atoms with Crippen molar-refractivity contribution in [2.24, 2.45) is 0 Å². The Hall–Kier alpha value is -3.46. The van der Waals surface area contributed by atoms with E-state index in [0.29, 0.717) is 0 Å². The Labute approximate surface area is 157 Å². The van der Waals surface area contributed by atoms with Crippen molar-refractivity contribution in [2.75, 3.05) is 13.9 Å². The molecule has 0 spiro atoms. The van der Waals surface area contributed by atoms with Crippen molar-refractivity contribution in [1.29, 1.82) is 0 Å². The molecule has 0 bridgehead atoms. The summed E-state index contributed by atoms with van der Waals surface area (Å²) in [4.78, 5) is 0. The van der Waals surface area contributed by atoms with E-state index >= 15 is 0 Å². The molecular weight excluding hydrogens is 336 g/mol. The molecule has 4 aromatic carbocycles. The van der Waals surface area contributed by atoms with Crippen LogP contribution in [-0.4, -0.2) is 13.9 Å².